The van der Waals surface area contributed by atoms with Crippen LogP contribution in [-0.2, 0) is 4.74 Å². The molecule has 1 N–H and O–H groups in total. The molecular weight excluding hydrogens is 258 g/mol. The molecule has 1 saturated heterocycles. The van der Waals surface area contributed by atoms with Crippen LogP contribution < -0.4 is 5.32 Å². The standard InChI is InChI=1S/C19H25NO/c1-13-12-19(3,4)20-18(21-13)14(2)16-11-7-9-15-8-5-6-10-17(15)16/h5-11,13-14,18,20H,12H2,1-4H3. The van der Waals surface area contributed by atoms with Crippen LogP contribution in [0, 0.1) is 0 Å². The molecule has 2 heteroatoms. The first-order valence-corrected chi connectivity index (χ1v) is 7.87. The Balaban J connectivity index is 1.95. The minimum Gasteiger partial charge on any atom is -0.360 e. The normalized spacial score (nSPS) is 26.7. The number of fused-ring (bicyclic) bond motifs is 1. The van der Waals surface area contributed by atoms with Crippen molar-refractivity contribution in [2.75, 3.05) is 0 Å². The lowest BCUT2D eigenvalue weighted by Crippen LogP contribution is -2.56. The van der Waals surface area contributed by atoms with E-state index in [-0.39, 0.29) is 11.8 Å². The molecule has 112 valence electrons. The zero-order valence-electron chi connectivity index (χ0n) is 13.4. The number of hydrogen-bond donors (Lipinski definition) is 1. The molecule has 2 nitrogen and oxygen atoms in total. The predicted octanol–water partition coefficient (Wildman–Crippen LogP) is 4.45. The molecule has 1 heterocycles. The summed E-state index contributed by atoms with van der Waals surface area (Å²) in [5.74, 6) is 0.318. The average molecular weight is 283 g/mol. The molecule has 0 aliphatic carbocycles. The lowest BCUT2D eigenvalue weighted by atomic mass is 9.89. The minimum atomic E-state index is 0.0644. The van der Waals surface area contributed by atoms with Crippen molar-refractivity contribution in [2.45, 2.75) is 57.9 Å². The van der Waals surface area contributed by atoms with Crippen molar-refractivity contribution in [3.05, 3.63) is 48.0 Å². The van der Waals surface area contributed by atoms with Crippen molar-refractivity contribution >= 4 is 10.8 Å². The first-order chi connectivity index (χ1) is 9.96. The molecule has 0 radical (unpaired) electrons. The fraction of sp³-hybridized carbons (Fsp3) is 0.474. The van der Waals surface area contributed by atoms with Gasteiger partial charge in [0, 0.05) is 11.5 Å². The highest BCUT2D eigenvalue weighted by molar-refractivity contribution is 5.86. The summed E-state index contributed by atoms with van der Waals surface area (Å²) in [6.45, 7) is 8.95. The van der Waals surface area contributed by atoms with Gasteiger partial charge in [-0.15, -0.1) is 0 Å². The van der Waals surface area contributed by atoms with Crippen LogP contribution in [-0.4, -0.2) is 17.9 Å². The topological polar surface area (TPSA) is 21.3 Å². The summed E-state index contributed by atoms with van der Waals surface area (Å²) < 4.78 is 6.18. The van der Waals surface area contributed by atoms with Crippen LogP contribution in [0.3, 0.4) is 0 Å². The van der Waals surface area contributed by atoms with Gasteiger partial charge in [0.1, 0.15) is 6.23 Å². The van der Waals surface area contributed by atoms with Crippen LogP contribution in [0.1, 0.15) is 45.6 Å². The van der Waals surface area contributed by atoms with Gasteiger partial charge in [-0.05, 0) is 43.5 Å². The Morgan fingerprint density at radius 3 is 2.62 bits per heavy atom. The first kappa shape index (κ1) is 14.6. The van der Waals surface area contributed by atoms with Crippen LogP contribution in [0.2, 0.25) is 0 Å². The summed E-state index contributed by atoms with van der Waals surface area (Å²) >= 11 is 0. The summed E-state index contributed by atoms with van der Waals surface area (Å²) in [7, 11) is 0. The van der Waals surface area contributed by atoms with Gasteiger partial charge >= 0.3 is 0 Å². The lowest BCUT2D eigenvalue weighted by molar-refractivity contribution is -0.0963. The van der Waals surface area contributed by atoms with E-state index < -0.39 is 0 Å². The van der Waals surface area contributed by atoms with E-state index in [0.717, 1.165) is 6.42 Å². The molecule has 0 amide bonds. The van der Waals surface area contributed by atoms with Crippen LogP contribution in [0.15, 0.2) is 42.5 Å². The molecule has 21 heavy (non-hydrogen) atoms. The first-order valence-electron chi connectivity index (χ1n) is 7.87. The number of hydrogen-bond acceptors (Lipinski definition) is 2. The maximum Gasteiger partial charge on any atom is 0.115 e. The third-order valence-electron chi connectivity index (χ3n) is 4.48. The van der Waals surface area contributed by atoms with Gasteiger partial charge in [-0.25, -0.2) is 0 Å². The van der Waals surface area contributed by atoms with Gasteiger partial charge in [-0.2, -0.15) is 0 Å². The van der Waals surface area contributed by atoms with Crippen molar-refractivity contribution in [1.29, 1.82) is 0 Å². The molecule has 3 rings (SSSR count). The highest BCUT2D eigenvalue weighted by atomic mass is 16.5. The van der Waals surface area contributed by atoms with E-state index in [1.807, 2.05) is 0 Å². The highest BCUT2D eigenvalue weighted by Crippen LogP contribution is 2.32. The number of ether oxygens (including phenoxy) is 1. The van der Waals surface area contributed by atoms with E-state index in [2.05, 4.69) is 75.5 Å². The van der Waals surface area contributed by atoms with E-state index in [0.29, 0.717) is 12.0 Å². The fourth-order valence-electron chi connectivity index (χ4n) is 3.55. The Morgan fingerprint density at radius 1 is 1.14 bits per heavy atom. The third kappa shape index (κ3) is 2.97. The quantitative estimate of drug-likeness (QED) is 0.879. The number of rotatable bonds is 2. The minimum absolute atomic E-state index is 0.0644. The van der Waals surface area contributed by atoms with Crippen molar-refractivity contribution < 1.29 is 4.74 Å². The maximum absolute atomic E-state index is 6.18. The molecular formula is C19H25NO. The molecule has 0 aromatic heterocycles. The van der Waals surface area contributed by atoms with Crippen molar-refractivity contribution in [1.82, 2.24) is 5.32 Å². The molecule has 1 aliphatic heterocycles. The second kappa shape index (κ2) is 5.43. The van der Waals surface area contributed by atoms with E-state index in [4.69, 9.17) is 4.74 Å². The van der Waals surface area contributed by atoms with Crippen LogP contribution >= 0.6 is 0 Å². The molecule has 0 bridgehead atoms. The van der Waals surface area contributed by atoms with Gasteiger partial charge in [0.05, 0.1) is 6.10 Å². The SMILES string of the molecule is CC1CC(C)(C)NC(C(C)c2cccc3ccccc23)O1. The number of benzene rings is 2. The number of nitrogens with one attached hydrogen (secondary N) is 1. The molecule has 0 saturated carbocycles. The highest BCUT2D eigenvalue weighted by Gasteiger charge is 2.35. The molecule has 0 spiro atoms. The second-order valence-electron chi connectivity index (χ2n) is 6.96. The molecule has 3 unspecified atom stereocenters. The van der Waals surface area contributed by atoms with Crippen molar-refractivity contribution in [2.24, 2.45) is 0 Å². The molecule has 2 aromatic rings. The van der Waals surface area contributed by atoms with Crippen LogP contribution in [0.4, 0.5) is 0 Å². The van der Waals surface area contributed by atoms with E-state index in [1.165, 1.54) is 16.3 Å². The average Bonchev–Trinajstić information content (AvgIpc) is 2.44. The van der Waals surface area contributed by atoms with Crippen LogP contribution in [0.25, 0.3) is 10.8 Å². The van der Waals surface area contributed by atoms with E-state index >= 15 is 0 Å². The molecule has 3 atom stereocenters. The summed E-state index contributed by atoms with van der Waals surface area (Å²) in [6, 6.07) is 15.1. The maximum atomic E-state index is 6.18. The lowest BCUT2D eigenvalue weighted by Gasteiger charge is -2.43. The van der Waals surface area contributed by atoms with Gasteiger partial charge in [-0.1, -0.05) is 49.4 Å². The Labute approximate surface area is 127 Å². The van der Waals surface area contributed by atoms with Gasteiger partial charge in [0.25, 0.3) is 0 Å². The summed E-state index contributed by atoms with van der Waals surface area (Å²) in [6.07, 6.45) is 1.41. The molecule has 1 aliphatic rings. The van der Waals surface area contributed by atoms with E-state index in [9.17, 15) is 0 Å². The largest absolute Gasteiger partial charge is 0.360 e. The third-order valence-corrected chi connectivity index (χ3v) is 4.48. The summed E-state index contributed by atoms with van der Waals surface area (Å²) in [4.78, 5) is 0. The Bertz CT molecular complexity index is 629. The zero-order chi connectivity index (χ0) is 15.0. The Kier molecular flexibility index (Phi) is 3.76. The molecule has 2 aromatic carbocycles. The molecule has 1 fully saturated rings. The van der Waals surface area contributed by atoms with Gasteiger partial charge in [0.15, 0.2) is 0 Å². The monoisotopic (exact) mass is 283 g/mol. The Hall–Kier alpha value is -1.38. The van der Waals surface area contributed by atoms with Crippen molar-refractivity contribution in [3.63, 3.8) is 0 Å². The zero-order valence-corrected chi connectivity index (χ0v) is 13.4. The smallest absolute Gasteiger partial charge is 0.115 e. The summed E-state index contributed by atoms with van der Waals surface area (Å²) in [5, 5.41) is 6.29. The summed E-state index contributed by atoms with van der Waals surface area (Å²) in [5.41, 5.74) is 1.48. The predicted molar refractivity (Wildman–Crippen MR) is 88.5 cm³/mol. The van der Waals surface area contributed by atoms with E-state index in [1.54, 1.807) is 0 Å². The van der Waals surface area contributed by atoms with Crippen LogP contribution in [0.5, 0.6) is 0 Å². The van der Waals surface area contributed by atoms with Gasteiger partial charge in [-0.3, -0.25) is 5.32 Å². The second-order valence-corrected chi connectivity index (χ2v) is 6.96. The van der Waals surface area contributed by atoms with Crippen molar-refractivity contribution in [3.8, 4) is 0 Å². The Morgan fingerprint density at radius 2 is 1.86 bits per heavy atom. The van der Waals surface area contributed by atoms with Gasteiger partial charge < -0.3 is 4.74 Å². The fourth-order valence-corrected chi connectivity index (χ4v) is 3.55. The van der Waals surface area contributed by atoms with Gasteiger partial charge in [0.2, 0.25) is 0 Å².